The van der Waals surface area contributed by atoms with Crippen molar-refractivity contribution in [3.8, 4) is 0 Å². The van der Waals surface area contributed by atoms with Crippen molar-refractivity contribution >= 4 is 11.8 Å². The van der Waals surface area contributed by atoms with Crippen LogP contribution in [0, 0.1) is 5.92 Å². The molecule has 1 aromatic carbocycles. The Bertz CT molecular complexity index is 717. The minimum absolute atomic E-state index is 0.00960. The maximum atomic E-state index is 12.7. The van der Waals surface area contributed by atoms with Gasteiger partial charge in [-0.15, -0.1) is 0 Å². The number of amides is 2. The van der Waals surface area contributed by atoms with Crippen LogP contribution in [-0.4, -0.2) is 62.1 Å². The molecule has 0 unspecified atom stereocenters. The lowest BCUT2D eigenvalue weighted by atomic mass is 10.0. The van der Waals surface area contributed by atoms with E-state index in [2.05, 4.69) is 35.4 Å². The van der Waals surface area contributed by atoms with E-state index in [1.807, 2.05) is 18.2 Å². The summed E-state index contributed by atoms with van der Waals surface area (Å²) in [6.07, 6.45) is 5.12. The number of hydrogen-bond donors (Lipinski definition) is 2. The lowest BCUT2D eigenvalue weighted by molar-refractivity contribution is -0.122. The first-order valence-electron chi connectivity index (χ1n) is 11.4. The quantitative estimate of drug-likeness (QED) is 0.545. The summed E-state index contributed by atoms with van der Waals surface area (Å²) in [4.78, 5) is 27.5. The molecule has 1 aliphatic heterocycles. The molecule has 1 aliphatic carbocycles. The fourth-order valence-corrected chi connectivity index (χ4v) is 4.28. The molecule has 1 heterocycles. The first-order chi connectivity index (χ1) is 14.5. The van der Waals surface area contributed by atoms with Crippen molar-refractivity contribution in [3.63, 3.8) is 0 Å². The topological polar surface area (TPSA) is 70.7 Å². The fraction of sp³-hybridized carbons (Fsp3) is 0.667. The van der Waals surface area contributed by atoms with Crippen LogP contribution in [0.4, 0.5) is 0 Å². The van der Waals surface area contributed by atoms with Gasteiger partial charge in [0.05, 0.1) is 6.61 Å². The summed E-state index contributed by atoms with van der Waals surface area (Å²) in [6.45, 7) is 7.04. The minimum Gasteiger partial charge on any atom is -0.383 e. The summed E-state index contributed by atoms with van der Waals surface area (Å²) >= 11 is 0. The molecule has 1 saturated carbocycles. The van der Waals surface area contributed by atoms with Gasteiger partial charge in [-0.3, -0.25) is 14.5 Å². The Morgan fingerprint density at radius 1 is 1.13 bits per heavy atom. The number of likely N-dealkylation sites (tertiary alicyclic amines) is 1. The fourth-order valence-electron chi connectivity index (χ4n) is 4.28. The van der Waals surface area contributed by atoms with E-state index < -0.39 is 0 Å². The van der Waals surface area contributed by atoms with E-state index in [1.54, 1.807) is 7.11 Å². The van der Waals surface area contributed by atoms with Gasteiger partial charge < -0.3 is 15.4 Å². The zero-order chi connectivity index (χ0) is 21.5. The Kier molecular flexibility index (Phi) is 8.28. The van der Waals surface area contributed by atoms with E-state index in [0.29, 0.717) is 38.1 Å². The van der Waals surface area contributed by atoms with Gasteiger partial charge in [0.15, 0.2) is 0 Å². The van der Waals surface area contributed by atoms with Gasteiger partial charge >= 0.3 is 0 Å². The molecular weight excluding hydrogens is 378 g/mol. The van der Waals surface area contributed by atoms with Crippen LogP contribution < -0.4 is 10.6 Å². The second-order valence-electron chi connectivity index (χ2n) is 9.06. The highest BCUT2D eigenvalue weighted by atomic mass is 16.5. The van der Waals surface area contributed by atoms with Crippen molar-refractivity contribution in [1.82, 2.24) is 15.5 Å². The van der Waals surface area contributed by atoms with Crippen molar-refractivity contribution in [3.05, 3.63) is 35.4 Å². The van der Waals surface area contributed by atoms with Crippen LogP contribution in [0.15, 0.2) is 24.3 Å². The van der Waals surface area contributed by atoms with Crippen LogP contribution in [0.1, 0.15) is 67.8 Å². The average molecular weight is 416 g/mol. The predicted octanol–water partition coefficient (Wildman–Crippen LogP) is 2.94. The van der Waals surface area contributed by atoms with Crippen molar-refractivity contribution in [2.24, 2.45) is 5.92 Å². The smallest absolute Gasteiger partial charge is 0.251 e. The lowest BCUT2D eigenvalue weighted by Crippen LogP contribution is -2.45. The van der Waals surface area contributed by atoms with E-state index in [0.717, 1.165) is 30.9 Å². The molecule has 2 N–H and O–H groups in total. The molecule has 6 heteroatoms. The van der Waals surface area contributed by atoms with Crippen molar-refractivity contribution in [2.75, 3.05) is 33.4 Å². The van der Waals surface area contributed by atoms with Gasteiger partial charge in [0.1, 0.15) is 0 Å². The SMILES string of the molecule is COCCNC(=O)C[C@H]1CC[C@@H](CNC(=O)c2cccc(C(C)C)c2)N1CC1CC1. The molecule has 166 valence electrons. The second kappa shape index (κ2) is 10.9. The number of nitrogens with one attached hydrogen (secondary N) is 2. The zero-order valence-electron chi connectivity index (χ0n) is 18.7. The average Bonchev–Trinajstić information content (AvgIpc) is 3.48. The number of methoxy groups -OCH3 is 1. The van der Waals surface area contributed by atoms with E-state index in [4.69, 9.17) is 4.74 Å². The van der Waals surface area contributed by atoms with Crippen molar-refractivity contribution in [2.45, 2.75) is 64.0 Å². The third-order valence-electron chi connectivity index (χ3n) is 6.30. The minimum atomic E-state index is -0.00960. The molecule has 2 atom stereocenters. The third-order valence-corrected chi connectivity index (χ3v) is 6.30. The van der Waals surface area contributed by atoms with Crippen molar-refractivity contribution < 1.29 is 14.3 Å². The molecule has 6 nitrogen and oxygen atoms in total. The number of ether oxygens (including phenoxy) is 1. The Balaban J connectivity index is 1.54. The Hall–Kier alpha value is -1.92. The highest BCUT2D eigenvalue weighted by Gasteiger charge is 2.38. The van der Waals surface area contributed by atoms with Gasteiger partial charge in [-0.25, -0.2) is 0 Å². The zero-order valence-corrected chi connectivity index (χ0v) is 18.7. The third kappa shape index (κ3) is 6.54. The van der Waals surface area contributed by atoms with Gasteiger partial charge in [0.25, 0.3) is 5.91 Å². The number of benzene rings is 1. The normalized spacial score (nSPS) is 21.7. The summed E-state index contributed by atoms with van der Waals surface area (Å²) in [5.74, 6) is 1.23. The monoisotopic (exact) mass is 415 g/mol. The number of nitrogens with zero attached hydrogens (tertiary/aromatic N) is 1. The van der Waals surface area contributed by atoms with Gasteiger partial charge in [-0.1, -0.05) is 26.0 Å². The predicted molar refractivity (Wildman–Crippen MR) is 119 cm³/mol. The number of carbonyl (C=O) groups is 2. The maximum Gasteiger partial charge on any atom is 0.251 e. The molecule has 0 bridgehead atoms. The van der Waals surface area contributed by atoms with Crippen LogP contribution in [0.25, 0.3) is 0 Å². The molecule has 2 amide bonds. The van der Waals surface area contributed by atoms with Gasteiger partial charge in [0, 0.05) is 50.8 Å². The van der Waals surface area contributed by atoms with E-state index >= 15 is 0 Å². The van der Waals surface area contributed by atoms with Crippen LogP contribution in [0.2, 0.25) is 0 Å². The summed E-state index contributed by atoms with van der Waals surface area (Å²) in [5, 5.41) is 6.09. The molecule has 0 radical (unpaired) electrons. The molecule has 0 aromatic heterocycles. The first-order valence-corrected chi connectivity index (χ1v) is 11.4. The summed E-state index contributed by atoms with van der Waals surface area (Å²) in [5.41, 5.74) is 1.90. The van der Waals surface area contributed by atoms with E-state index in [1.165, 1.54) is 18.4 Å². The molecule has 30 heavy (non-hydrogen) atoms. The van der Waals surface area contributed by atoms with Crippen molar-refractivity contribution in [1.29, 1.82) is 0 Å². The highest BCUT2D eigenvalue weighted by Crippen LogP contribution is 2.35. The number of hydrogen-bond acceptors (Lipinski definition) is 4. The first kappa shape index (κ1) is 22.8. The Morgan fingerprint density at radius 2 is 1.90 bits per heavy atom. The van der Waals surface area contributed by atoms with E-state index in [9.17, 15) is 9.59 Å². The van der Waals surface area contributed by atoms with Gasteiger partial charge in [-0.05, 0) is 55.2 Å². The summed E-state index contributed by atoms with van der Waals surface area (Å²) < 4.78 is 5.01. The van der Waals surface area contributed by atoms with E-state index in [-0.39, 0.29) is 17.9 Å². The van der Waals surface area contributed by atoms with Crippen LogP contribution in [0.3, 0.4) is 0 Å². The summed E-state index contributed by atoms with van der Waals surface area (Å²) in [7, 11) is 1.64. The molecule has 2 aliphatic rings. The number of carbonyl (C=O) groups excluding carboxylic acids is 2. The maximum absolute atomic E-state index is 12.7. The van der Waals surface area contributed by atoms with Gasteiger partial charge in [0.2, 0.25) is 5.91 Å². The van der Waals surface area contributed by atoms with Gasteiger partial charge in [-0.2, -0.15) is 0 Å². The standard InChI is InChI=1S/C24H37N3O3/c1-17(2)19-5-4-6-20(13-19)24(29)26-15-22-10-9-21(27(22)16-18-7-8-18)14-23(28)25-11-12-30-3/h4-6,13,17-18,21-22H,7-12,14-16H2,1-3H3,(H,25,28)(H,26,29)/t21-,22+/m1/s1. The summed E-state index contributed by atoms with van der Waals surface area (Å²) in [6, 6.07) is 8.46. The van der Waals surface area contributed by atoms with Crippen LogP contribution in [0.5, 0.6) is 0 Å². The largest absolute Gasteiger partial charge is 0.383 e. The Morgan fingerprint density at radius 3 is 2.60 bits per heavy atom. The molecule has 0 spiro atoms. The van der Waals surface area contributed by atoms with Crippen LogP contribution in [-0.2, 0) is 9.53 Å². The highest BCUT2D eigenvalue weighted by molar-refractivity contribution is 5.94. The molecular formula is C24H37N3O3. The molecule has 3 rings (SSSR count). The second-order valence-corrected chi connectivity index (χ2v) is 9.06. The lowest BCUT2D eigenvalue weighted by Gasteiger charge is -2.30. The molecule has 2 fully saturated rings. The Labute approximate surface area is 180 Å². The molecule has 1 saturated heterocycles. The number of rotatable bonds is 11. The van der Waals surface area contributed by atoms with Crippen LogP contribution >= 0.6 is 0 Å². The molecule has 1 aromatic rings.